The highest BCUT2D eigenvalue weighted by molar-refractivity contribution is 5.95. The second-order valence-corrected chi connectivity index (χ2v) is 8.82. The highest BCUT2D eigenvalue weighted by Gasteiger charge is 2.34. The molecule has 0 radical (unpaired) electrons. The van der Waals surface area contributed by atoms with Crippen molar-refractivity contribution >= 4 is 28.8 Å². The van der Waals surface area contributed by atoms with Crippen molar-refractivity contribution in [3.05, 3.63) is 42.0 Å². The van der Waals surface area contributed by atoms with E-state index < -0.39 is 0 Å². The van der Waals surface area contributed by atoms with Crippen LogP contribution in [0, 0.1) is 6.92 Å². The first-order valence-electron chi connectivity index (χ1n) is 11.0. The molecule has 32 heavy (non-hydrogen) atoms. The predicted molar refractivity (Wildman–Crippen MR) is 121 cm³/mol. The van der Waals surface area contributed by atoms with E-state index in [1.54, 1.807) is 25.3 Å². The molecule has 0 bridgehead atoms. The van der Waals surface area contributed by atoms with E-state index in [0.29, 0.717) is 28.6 Å². The number of nitrogens with zero attached hydrogens (tertiary/aromatic N) is 6. The van der Waals surface area contributed by atoms with E-state index in [2.05, 4.69) is 20.3 Å². The SMILES string of the molecule is Cc1ccc(C(=O)NC2CC2)cc1-n1cnc2c(N3CCC[C@H]3C(=O)N(C)C)ncnc21. The molecule has 1 atom stereocenters. The van der Waals surface area contributed by atoms with Gasteiger partial charge in [0.05, 0.1) is 5.69 Å². The highest BCUT2D eigenvalue weighted by Crippen LogP contribution is 2.31. The lowest BCUT2D eigenvalue weighted by atomic mass is 10.1. The Morgan fingerprint density at radius 3 is 2.69 bits per heavy atom. The Balaban J connectivity index is 1.54. The molecule has 1 aromatic carbocycles. The first kappa shape index (κ1) is 20.4. The predicted octanol–water partition coefficient (Wildman–Crippen LogP) is 2.07. The Labute approximate surface area is 186 Å². The van der Waals surface area contributed by atoms with Crippen molar-refractivity contribution in [2.45, 2.75) is 44.7 Å². The molecule has 3 aromatic rings. The van der Waals surface area contributed by atoms with Crippen molar-refractivity contribution in [2.75, 3.05) is 25.5 Å². The molecule has 166 valence electrons. The summed E-state index contributed by atoms with van der Waals surface area (Å²) in [5.41, 5.74) is 3.78. The number of hydrogen-bond donors (Lipinski definition) is 1. The first-order valence-corrected chi connectivity index (χ1v) is 11.0. The van der Waals surface area contributed by atoms with Gasteiger partial charge in [-0.05, 0) is 50.3 Å². The van der Waals surface area contributed by atoms with E-state index in [-0.39, 0.29) is 17.9 Å². The number of aryl methyl sites for hydroxylation is 1. The molecular weight excluding hydrogens is 406 g/mol. The summed E-state index contributed by atoms with van der Waals surface area (Å²) in [5.74, 6) is 0.682. The Hall–Kier alpha value is -3.49. The summed E-state index contributed by atoms with van der Waals surface area (Å²) in [6.07, 6.45) is 7.04. The Morgan fingerprint density at radius 2 is 1.94 bits per heavy atom. The fraction of sp³-hybridized carbons (Fsp3) is 0.435. The van der Waals surface area contributed by atoms with Crippen LogP contribution in [0.2, 0.25) is 0 Å². The van der Waals surface area contributed by atoms with E-state index in [1.807, 2.05) is 34.6 Å². The largest absolute Gasteiger partial charge is 0.349 e. The molecule has 1 aliphatic heterocycles. The Morgan fingerprint density at radius 1 is 1.12 bits per heavy atom. The van der Waals surface area contributed by atoms with Crippen LogP contribution in [0.1, 0.15) is 41.6 Å². The van der Waals surface area contributed by atoms with Gasteiger partial charge in [-0.25, -0.2) is 15.0 Å². The number of hydrogen-bond acceptors (Lipinski definition) is 6. The van der Waals surface area contributed by atoms with Gasteiger partial charge in [-0.15, -0.1) is 0 Å². The highest BCUT2D eigenvalue weighted by atomic mass is 16.2. The average Bonchev–Trinajstić information content (AvgIpc) is 3.29. The van der Waals surface area contributed by atoms with Gasteiger partial charge in [0.2, 0.25) is 5.91 Å². The van der Waals surface area contributed by atoms with Gasteiger partial charge in [0.15, 0.2) is 17.0 Å². The van der Waals surface area contributed by atoms with E-state index in [9.17, 15) is 9.59 Å². The fourth-order valence-corrected chi connectivity index (χ4v) is 4.29. The number of aromatic nitrogens is 4. The summed E-state index contributed by atoms with van der Waals surface area (Å²) < 4.78 is 1.89. The lowest BCUT2D eigenvalue weighted by Gasteiger charge is -2.27. The number of anilines is 1. The Bertz CT molecular complexity index is 1200. The minimum Gasteiger partial charge on any atom is -0.349 e. The number of nitrogens with one attached hydrogen (secondary N) is 1. The van der Waals surface area contributed by atoms with Crippen molar-refractivity contribution in [1.82, 2.24) is 29.7 Å². The monoisotopic (exact) mass is 433 g/mol. The second kappa shape index (κ2) is 7.89. The summed E-state index contributed by atoms with van der Waals surface area (Å²) in [5, 5.41) is 3.04. The van der Waals surface area contributed by atoms with Crippen LogP contribution in [0.5, 0.6) is 0 Å². The van der Waals surface area contributed by atoms with Gasteiger partial charge >= 0.3 is 0 Å². The fourth-order valence-electron chi connectivity index (χ4n) is 4.29. The molecule has 3 heterocycles. The van der Waals surface area contributed by atoms with Gasteiger partial charge < -0.3 is 15.1 Å². The van der Waals surface area contributed by atoms with Crippen LogP contribution >= 0.6 is 0 Å². The zero-order valence-electron chi connectivity index (χ0n) is 18.6. The van der Waals surface area contributed by atoms with E-state index in [0.717, 1.165) is 43.5 Å². The normalized spacial score (nSPS) is 18.2. The molecule has 0 unspecified atom stereocenters. The number of amides is 2. The first-order chi connectivity index (χ1) is 15.4. The molecule has 2 aliphatic rings. The van der Waals surface area contributed by atoms with Gasteiger partial charge in [0.1, 0.15) is 18.7 Å². The third-order valence-corrected chi connectivity index (χ3v) is 6.21. The quantitative estimate of drug-likeness (QED) is 0.662. The molecular formula is C23H27N7O2. The van der Waals surface area contributed by atoms with Crippen LogP contribution in [0.4, 0.5) is 5.82 Å². The molecule has 2 aromatic heterocycles. The Kier molecular flexibility index (Phi) is 5.03. The van der Waals surface area contributed by atoms with Crippen LogP contribution < -0.4 is 10.2 Å². The van der Waals surface area contributed by atoms with Crippen molar-refractivity contribution in [3.8, 4) is 5.69 Å². The lowest BCUT2D eigenvalue weighted by Crippen LogP contribution is -2.43. The standard InChI is InChI=1S/C23H27N7O2/c1-14-6-7-15(22(31)27-16-8-9-16)11-18(14)30-13-26-19-20(24-12-25-21(19)30)29-10-4-5-17(29)23(32)28(2)3/h6-7,11-13,16-17H,4-5,8-10H2,1-3H3,(H,27,31)/t17-/m0/s1. The van der Waals surface area contributed by atoms with Gasteiger partial charge in [0, 0.05) is 32.2 Å². The molecule has 0 spiro atoms. The summed E-state index contributed by atoms with van der Waals surface area (Å²) in [4.78, 5) is 42.5. The maximum atomic E-state index is 12.7. The molecule has 9 heteroatoms. The molecule has 1 N–H and O–H groups in total. The molecule has 1 saturated carbocycles. The summed E-state index contributed by atoms with van der Waals surface area (Å²) >= 11 is 0. The summed E-state index contributed by atoms with van der Waals surface area (Å²) in [6, 6.07) is 5.72. The van der Waals surface area contributed by atoms with Crippen LogP contribution in [0.15, 0.2) is 30.9 Å². The third-order valence-electron chi connectivity index (χ3n) is 6.21. The lowest BCUT2D eigenvalue weighted by molar-refractivity contribution is -0.129. The molecule has 2 fully saturated rings. The summed E-state index contributed by atoms with van der Waals surface area (Å²) in [7, 11) is 3.55. The van der Waals surface area contributed by atoms with Crippen LogP contribution in [0.25, 0.3) is 16.9 Å². The van der Waals surface area contributed by atoms with Gasteiger partial charge in [-0.3, -0.25) is 14.2 Å². The van der Waals surface area contributed by atoms with Crippen molar-refractivity contribution in [1.29, 1.82) is 0 Å². The molecule has 1 aliphatic carbocycles. The topological polar surface area (TPSA) is 96.2 Å². The smallest absolute Gasteiger partial charge is 0.251 e. The molecule has 2 amide bonds. The summed E-state index contributed by atoms with van der Waals surface area (Å²) in [6.45, 7) is 2.75. The zero-order chi connectivity index (χ0) is 22.4. The number of carbonyl (C=O) groups is 2. The van der Waals surface area contributed by atoms with Crippen molar-refractivity contribution in [2.24, 2.45) is 0 Å². The van der Waals surface area contributed by atoms with Crippen LogP contribution in [-0.2, 0) is 4.79 Å². The number of likely N-dealkylation sites (N-methyl/N-ethyl adjacent to an activating group) is 1. The van der Waals surface area contributed by atoms with E-state index >= 15 is 0 Å². The zero-order valence-corrected chi connectivity index (χ0v) is 18.6. The minimum atomic E-state index is -0.246. The molecule has 9 nitrogen and oxygen atoms in total. The maximum absolute atomic E-state index is 12.7. The van der Waals surface area contributed by atoms with Gasteiger partial charge in [-0.1, -0.05) is 6.07 Å². The van der Waals surface area contributed by atoms with Crippen LogP contribution in [-0.4, -0.2) is 69.0 Å². The number of rotatable bonds is 5. The van der Waals surface area contributed by atoms with Crippen molar-refractivity contribution < 1.29 is 9.59 Å². The van der Waals surface area contributed by atoms with Gasteiger partial charge in [0.25, 0.3) is 5.91 Å². The average molecular weight is 434 g/mol. The van der Waals surface area contributed by atoms with E-state index in [4.69, 9.17) is 0 Å². The third kappa shape index (κ3) is 3.57. The van der Waals surface area contributed by atoms with E-state index in [1.165, 1.54) is 6.33 Å². The second-order valence-electron chi connectivity index (χ2n) is 8.82. The number of benzene rings is 1. The van der Waals surface area contributed by atoms with Crippen molar-refractivity contribution in [3.63, 3.8) is 0 Å². The minimum absolute atomic E-state index is 0.0596. The molecule has 1 saturated heterocycles. The number of imidazole rings is 1. The maximum Gasteiger partial charge on any atom is 0.251 e. The number of fused-ring (bicyclic) bond motifs is 1. The van der Waals surface area contributed by atoms with Crippen LogP contribution in [0.3, 0.4) is 0 Å². The van der Waals surface area contributed by atoms with Gasteiger partial charge in [-0.2, -0.15) is 0 Å². The molecule has 5 rings (SSSR count). The number of carbonyl (C=O) groups excluding carboxylic acids is 2.